The highest BCUT2D eigenvalue weighted by Gasteiger charge is 2.17. The molecule has 0 saturated carbocycles. The zero-order valence-electron chi connectivity index (χ0n) is 10.6. The van der Waals surface area contributed by atoms with Crippen molar-refractivity contribution in [1.29, 1.82) is 0 Å². The molecule has 1 rings (SSSR count). The van der Waals surface area contributed by atoms with Crippen LogP contribution >= 0.6 is 11.6 Å². The summed E-state index contributed by atoms with van der Waals surface area (Å²) in [5.74, 6) is 0.441. The average molecular weight is 254 g/mol. The minimum absolute atomic E-state index is 0.0228. The molecule has 2 unspecified atom stereocenters. The van der Waals surface area contributed by atoms with Crippen molar-refractivity contribution in [2.24, 2.45) is 11.8 Å². The minimum Gasteiger partial charge on any atom is -0.354 e. The van der Waals surface area contributed by atoms with Crippen molar-refractivity contribution in [1.82, 2.24) is 5.32 Å². The largest absolute Gasteiger partial charge is 0.354 e. The molecule has 1 amide bonds. The third-order valence-electron chi connectivity index (χ3n) is 3.03. The third-order valence-corrected chi connectivity index (χ3v) is 3.44. The number of alkyl halides is 1. The second-order valence-electron chi connectivity index (χ2n) is 4.66. The van der Waals surface area contributed by atoms with E-state index in [1.165, 1.54) is 0 Å². The van der Waals surface area contributed by atoms with E-state index in [-0.39, 0.29) is 17.2 Å². The van der Waals surface area contributed by atoms with Crippen LogP contribution < -0.4 is 5.32 Å². The minimum atomic E-state index is -0.167. The smallest absolute Gasteiger partial charge is 0.223 e. The number of hydrogen-bond acceptors (Lipinski definition) is 1. The van der Waals surface area contributed by atoms with Crippen LogP contribution in [0.1, 0.15) is 31.7 Å². The fourth-order valence-corrected chi connectivity index (χ4v) is 1.66. The predicted molar refractivity (Wildman–Crippen MR) is 72.0 cm³/mol. The standard InChI is InChI=1S/C14H20ClNO/c1-10(2)11(3)14(17)16-9-13(15)12-7-5-4-6-8-12/h4-8,10-11,13H,9H2,1-3H3,(H,16,17). The van der Waals surface area contributed by atoms with E-state index in [9.17, 15) is 4.79 Å². The average Bonchev–Trinajstić information content (AvgIpc) is 2.35. The number of nitrogens with one attached hydrogen (secondary N) is 1. The summed E-state index contributed by atoms with van der Waals surface area (Å²) in [5.41, 5.74) is 1.03. The van der Waals surface area contributed by atoms with Crippen LogP contribution in [0.4, 0.5) is 0 Å². The maximum atomic E-state index is 11.8. The number of rotatable bonds is 5. The molecule has 1 aromatic rings. The third kappa shape index (κ3) is 4.39. The highest BCUT2D eigenvalue weighted by Crippen LogP contribution is 2.19. The van der Waals surface area contributed by atoms with Gasteiger partial charge in [0, 0.05) is 12.5 Å². The van der Waals surface area contributed by atoms with E-state index in [1.807, 2.05) is 51.1 Å². The van der Waals surface area contributed by atoms with Gasteiger partial charge in [-0.15, -0.1) is 11.6 Å². The zero-order chi connectivity index (χ0) is 12.8. The Labute approximate surface area is 108 Å². The lowest BCUT2D eigenvalue weighted by Gasteiger charge is -2.17. The molecule has 2 atom stereocenters. The van der Waals surface area contributed by atoms with Gasteiger partial charge in [-0.05, 0) is 11.5 Å². The van der Waals surface area contributed by atoms with Gasteiger partial charge >= 0.3 is 0 Å². The Morgan fingerprint density at radius 3 is 2.35 bits per heavy atom. The predicted octanol–water partition coefficient (Wildman–Crippen LogP) is 3.37. The van der Waals surface area contributed by atoms with Crippen molar-refractivity contribution in [2.45, 2.75) is 26.1 Å². The molecule has 1 N–H and O–H groups in total. The molecule has 0 spiro atoms. The highest BCUT2D eigenvalue weighted by atomic mass is 35.5. The molecule has 17 heavy (non-hydrogen) atoms. The molecule has 0 saturated heterocycles. The summed E-state index contributed by atoms with van der Waals surface area (Å²) >= 11 is 6.22. The van der Waals surface area contributed by atoms with Crippen LogP contribution in [-0.2, 0) is 4.79 Å². The maximum absolute atomic E-state index is 11.8. The Hall–Kier alpha value is -1.02. The maximum Gasteiger partial charge on any atom is 0.223 e. The first-order valence-corrected chi connectivity index (χ1v) is 6.42. The quantitative estimate of drug-likeness (QED) is 0.801. The first kappa shape index (κ1) is 14.0. The molecule has 0 fully saturated rings. The van der Waals surface area contributed by atoms with Gasteiger partial charge in [0.2, 0.25) is 5.91 Å². The van der Waals surface area contributed by atoms with Gasteiger partial charge in [-0.2, -0.15) is 0 Å². The first-order chi connectivity index (χ1) is 8.02. The lowest BCUT2D eigenvalue weighted by Crippen LogP contribution is -2.33. The molecule has 0 bridgehead atoms. The summed E-state index contributed by atoms with van der Waals surface area (Å²) in [7, 11) is 0. The van der Waals surface area contributed by atoms with Gasteiger partial charge in [0.1, 0.15) is 0 Å². The van der Waals surface area contributed by atoms with Crippen molar-refractivity contribution in [2.75, 3.05) is 6.54 Å². The fraction of sp³-hybridized carbons (Fsp3) is 0.500. The summed E-state index contributed by atoms with van der Waals surface area (Å²) in [6.45, 7) is 6.49. The lowest BCUT2D eigenvalue weighted by molar-refractivity contribution is -0.125. The van der Waals surface area contributed by atoms with E-state index in [2.05, 4.69) is 5.32 Å². The van der Waals surface area contributed by atoms with Crippen LogP contribution in [0.3, 0.4) is 0 Å². The molecule has 94 valence electrons. The van der Waals surface area contributed by atoms with Crippen LogP contribution in [0.2, 0.25) is 0 Å². The van der Waals surface area contributed by atoms with Gasteiger partial charge in [0.15, 0.2) is 0 Å². The molecule has 0 aliphatic rings. The van der Waals surface area contributed by atoms with Crippen molar-refractivity contribution in [3.63, 3.8) is 0 Å². The Bertz CT molecular complexity index is 350. The van der Waals surface area contributed by atoms with Gasteiger partial charge in [0.05, 0.1) is 5.38 Å². The van der Waals surface area contributed by atoms with Crippen LogP contribution in [0, 0.1) is 11.8 Å². The topological polar surface area (TPSA) is 29.1 Å². The van der Waals surface area contributed by atoms with E-state index < -0.39 is 0 Å². The van der Waals surface area contributed by atoms with E-state index in [0.717, 1.165) is 5.56 Å². The number of halogens is 1. The first-order valence-electron chi connectivity index (χ1n) is 5.99. The molecule has 0 radical (unpaired) electrons. The molecular formula is C14H20ClNO. The van der Waals surface area contributed by atoms with E-state index >= 15 is 0 Å². The van der Waals surface area contributed by atoms with Crippen molar-refractivity contribution >= 4 is 17.5 Å². The summed E-state index contributed by atoms with van der Waals surface area (Å²) in [6.07, 6.45) is 0. The van der Waals surface area contributed by atoms with Crippen molar-refractivity contribution in [3.05, 3.63) is 35.9 Å². The second kappa shape index (κ2) is 6.65. The number of carbonyl (C=O) groups excluding carboxylic acids is 1. The fourth-order valence-electron chi connectivity index (χ4n) is 1.43. The highest BCUT2D eigenvalue weighted by molar-refractivity contribution is 6.21. The zero-order valence-corrected chi connectivity index (χ0v) is 11.4. The van der Waals surface area contributed by atoms with Gasteiger partial charge in [-0.3, -0.25) is 4.79 Å². The molecule has 1 aromatic carbocycles. The van der Waals surface area contributed by atoms with Crippen LogP contribution in [0.15, 0.2) is 30.3 Å². The van der Waals surface area contributed by atoms with Gasteiger partial charge < -0.3 is 5.32 Å². The van der Waals surface area contributed by atoms with E-state index in [1.54, 1.807) is 0 Å². The van der Waals surface area contributed by atoms with E-state index in [0.29, 0.717) is 12.5 Å². The Morgan fingerprint density at radius 1 is 1.24 bits per heavy atom. The molecule has 0 aliphatic carbocycles. The van der Waals surface area contributed by atoms with Gasteiger partial charge in [0.25, 0.3) is 0 Å². The molecule has 0 aliphatic heterocycles. The summed E-state index contributed by atoms with van der Waals surface area (Å²) < 4.78 is 0. The number of amides is 1. The number of carbonyl (C=O) groups is 1. The van der Waals surface area contributed by atoms with Crippen molar-refractivity contribution in [3.8, 4) is 0 Å². The van der Waals surface area contributed by atoms with Crippen LogP contribution in [0.25, 0.3) is 0 Å². The second-order valence-corrected chi connectivity index (χ2v) is 5.18. The van der Waals surface area contributed by atoms with Gasteiger partial charge in [-0.1, -0.05) is 51.1 Å². The molecule has 0 heterocycles. The number of benzene rings is 1. The lowest BCUT2D eigenvalue weighted by atomic mass is 9.97. The van der Waals surface area contributed by atoms with Crippen LogP contribution in [-0.4, -0.2) is 12.5 Å². The van der Waals surface area contributed by atoms with Crippen LogP contribution in [0.5, 0.6) is 0 Å². The Morgan fingerprint density at radius 2 is 1.82 bits per heavy atom. The molecule has 3 heteroatoms. The molecule has 0 aromatic heterocycles. The van der Waals surface area contributed by atoms with Gasteiger partial charge in [-0.25, -0.2) is 0 Å². The Kier molecular flexibility index (Phi) is 5.49. The molecular weight excluding hydrogens is 234 g/mol. The summed E-state index contributed by atoms with van der Waals surface area (Å²) in [6, 6.07) is 9.78. The summed E-state index contributed by atoms with van der Waals surface area (Å²) in [5, 5.41) is 2.72. The van der Waals surface area contributed by atoms with Crippen molar-refractivity contribution < 1.29 is 4.79 Å². The monoisotopic (exact) mass is 253 g/mol. The summed E-state index contributed by atoms with van der Waals surface area (Å²) in [4.78, 5) is 11.8. The Balaban J connectivity index is 2.44. The molecule has 2 nitrogen and oxygen atoms in total. The van der Waals surface area contributed by atoms with E-state index in [4.69, 9.17) is 11.6 Å². The number of hydrogen-bond donors (Lipinski definition) is 1. The normalized spacial score (nSPS) is 14.4. The SMILES string of the molecule is CC(C)C(C)C(=O)NCC(Cl)c1ccccc1.